The Morgan fingerprint density at radius 1 is 1.26 bits per heavy atom. The van der Waals surface area contributed by atoms with Crippen molar-refractivity contribution in [2.24, 2.45) is 0 Å². The minimum atomic E-state index is -0.347. The standard InChI is InChI=1S/C18H23FN2O2/c1-2-3-4-7-12-20-17(22)10-11-18-21-13-16(23-18)14-8-5-6-9-15(14)19/h5-6,8-9,13H,2-4,7,10-12H2,1H3,(H,20,22). The van der Waals surface area contributed by atoms with E-state index in [1.54, 1.807) is 18.2 Å². The van der Waals surface area contributed by atoms with Gasteiger partial charge in [0.2, 0.25) is 5.91 Å². The summed E-state index contributed by atoms with van der Waals surface area (Å²) in [6.07, 6.45) is 6.77. The highest BCUT2D eigenvalue weighted by Gasteiger charge is 2.11. The van der Waals surface area contributed by atoms with Gasteiger partial charge in [-0.25, -0.2) is 9.37 Å². The van der Waals surface area contributed by atoms with E-state index in [0.29, 0.717) is 36.6 Å². The average Bonchev–Trinajstić information content (AvgIpc) is 3.02. The van der Waals surface area contributed by atoms with Crippen molar-refractivity contribution in [3.63, 3.8) is 0 Å². The highest BCUT2D eigenvalue weighted by Crippen LogP contribution is 2.23. The van der Waals surface area contributed by atoms with E-state index in [9.17, 15) is 9.18 Å². The third-order valence-corrected chi connectivity index (χ3v) is 3.61. The molecule has 23 heavy (non-hydrogen) atoms. The third-order valence-electron chi connectivity index (χ3n) is 3.61. The number of amides is 1. The van der Waals surface area contributed by atoms with Gasteiger partial charge in [0.15, 0.2) is 11.7 Å². The summed E-state index contributed by atoms with van der Waals surface area (Å²) in [5.74, 6) is 0.481. The first-order valence-corrected chi connectivity index (χ1v) is 8.17. The number of unbranched alkanes of at least 4 members (excludes halogenated alkanes) is 3. The molecule has 4 nitrogen and oxygen atoms in total. The van der Waals surface area contributed by atoms with Crippen LogP contribution >= 0.6 is 0 Å². The summed E-state index contributed by atoms with van der Waals surface area (Å²) in [6.45, 7) is 2.87. The molecule has 0 atom stereocenters. The summed E-state index contributed by atoms with van der Waals surface area (Å²) in [7, 11) is 0. The lowest BCUT2D eigenvalue weighted by atomic mass is 10.2. The van der Waals surface area contributed by atoms with Crippen LogP contribution in [0, 0.1) is 5.82 Å². The summed E-state index contributed by atoms with van der Waals surface area (Å²) < 4.78 is 19.2. The van der Waals surface area contributed by atoms with Gasteiger partial charge >= 0.3 is 0 Å². The van der Waals surface area contributed by atoms with E-state index in [-0.39, 0.29) is 11.7 Å². The van der Waals surface area contributed by atoms with E-state index in [0.717, 1.165) is 12.8 Å². The molecule has 0 saturated carbocycles. The van der Waals surface area contributed by atoms with Crippen molar-refractivity contribution < 1.29 is 13.6 Å². The Kier molecular flexibility index (Phi) is 6.78. The number of oxazole rings is 1. The molecule has 0 fully saturated rings. The Labute approximate surface area is 136 Å². The molecule has 2 rings (SSSR count). The first-order chi connectivity index (χ1) is 11.2. The van der Waals surface area contributed by atoms with Crippen molar-refractivity contribution in [3.8, 4) is 11.3 Å². The van der Waals surface area contributed by atoms with Crippen LogP contribution in [0.1, 0.15) is 44.9 Å². The maximum absolute atomic E-state index is 13.7. The zero-order chi connectivity index (χ0) is 16.5. The molecule has 1 aromatic carbocycles. The fraction of sp³-hybridized carbons (Fsp3) is 0.444. The van der Waals surface area contributed by atoms with Crippen LogP contribution in [0.25, 0.3) is 11.3 Å². The molecule has 0 aliphatic carbocycles. The molecule has 2 aromatic rings. The number of aryl methyl sites for hydroxylation is 1. The van der Waals surface area contributed by atoms with Crippen molar-refractivity contribution in [2.45, 2.75) is 45.4 Å². The van der Waals surface area contributed by atoms with Gasteiger partial charge in [0.1, 0.15) is 5.82 Å². The van der Waals surface area contributed by atoms with Crippen molar-refractivity contribution in [1.82, 2.24) is 10.3 Å². The van der Waals surface area contributed by atoms with E-state index >= 15 is 0 Å². The van der Waals surface area contributed by atoms with Gasteiger partial charge in [-0.05, 0) is 18.6 Å². The van der Waals surface area contributed by atoms with Gasteiger partial charge in [0.25, 0.3) is 0 Å². The van der Waals surface area contributed by atoms with Crippen LogP contribution in [0.3, 0.4) is 0 Å². The van der Waals surface area contributed by atoms with Crippen LogP contribution < -0.4 is 5.32 Å². The van der Waals surface area contributed by atoms with Gasteiger partial charge < -0.3 is 9.73 Å². The lowest BCUT2D eigenvalue weighted by Crippen LogP contribution is -2.24. The number of aromatic nitrogens is 1. The third kappa shape index (κ3) is 5.51. The predicted octanol–water partition coefficient (Wildman–Crippen LogP) is 4.11. The Bertz CT molecular complexity index is 625. The topological polar surface area (TPSA) is 55.1 Å². The van der Waals surface area contributed by atoms with Gasteiger partial charge in [0, 0.05) is 19.4 Å². The normalized spacial score (nSPS) is 10.7. The fourth-order valence-corrected chi connectivity index (χ4v) is 2.30. The molecule has 1 amide bonds. The molecule has 0 aliphatic rings. The molecular weight excluding hydrogens is 295 g/mol. The van der Waals surface area contributed by atoms with E-state index in [2.05, 4.69) is 17.2 Å². The zero-order valence-corrected chi connectivity index (χ0v) is 13.5. The van der Waals surface area contributed by atoms with Gasteiger partial charge in [-0.15, -0.1) is 0 Å². The number of rotatable bonds is 9. The number of nitrogens with one attached hydrogen (secondary N) is 1. The summed E-state index contributed by atoms with van der Waals surface area (Å²) in [5.41, 5.74) is 0.381. The number of benzene rings is 1. The van der Waals surface area contributed by atoms with Crippen LogP contribution in [0.2, 0.25) is 0 Å². The maximum Gasteiger partial charge on any atom is 0.220 e. The number of hydrogen-bond acceptors (Lipinski definition) is 3. The highest BCUT2D eigenvalue weighted by molar-refractivity contribution is 5.76. The fourth-order valence-electron chi connectivity index (χ4n) is 2.30. The molecule has 124 valence electrons. The maximum atomic E-state index is 13.7. The van der Waals surface area contributed by atoms with Crippen LogP contribution in [-0.2, 0) is 11.2 Å². The first-order valence-electron chi connectivity index (χ1n) is 8.17. The molecule has 5 heteroatoms. The van der Waals surface area contributed by atoms with Crippen molar-refractivity contribution >= 4 is 5.91 Å². The van der Waals surface area contributed by atoms with E-state index < -0.39 is 0 Å². The van der Waals surface area contributed by atoms with Crippen LogP contribution in [0.15, 0.2) is 34.9 Å². The summed E-state index contributed by atoms with van der Waals surface area (Å²) >= 11 is 0. The van der Waals surface area contributed by atoms with Gasteiger partial charge in [-0.3, -0.25) is 4.79 Å². The van der Waals surface area contributed by atoms with Crippen molar-refractivity contribution in [1.29, 1.82) is 0 Å². The second-order valence-corrected chi connectivity index (χ2v) is 5.51. The van der Waals surface area contributed by atoms with Crippen molar-refractivity contribution in [2.75, 3.05) is 6.54 Å². The quantitative estimate of drug-likeness (QED) is 0.708. The highest BCUT2D eigenvalue weighted by atomic mass is 19.1. The smallest absolute Gasteiger partial charge is 0.220 e. The molecular formula is C18H23FN2O2. The van der Waals surface area contributed by atoms with E-state index in [1.807, 2.05) is 0 Å². The largest absolute Gasteiger partial charge is 0.441 e. The molecule has 0 bridgehead atoms. The first kappa shape index (κ1) is 17.2. The minimum Gasteiger partial charge on any atom is -0.441 e. The number of carbonyl (C=O) groups is 1. The molecule has 1 heterocycles. The molecule has 0 radical (unpaired) electrons. The Morgan fingerprint density at radius 3 is 2.87 bits per heavy atom. The van der Waals surface area contributed by atoms with Crippen LogP contribution in [-0.4, -0.2) is 17.4 Å². The van der Waals surface area contributed by atoms with E-state index in [1.165, 1.54) is 25.1 Å². The summed E-state index contributed by atoms with van der Waals surface area (Å²) in [4.78, 5) is 15.9. The second-order valence-electron chi connectivity index (χ2n) is 5.51. The molecule has 0 saturated heterocycles. The van der Waals surface area contributed by atoms with Crippen LogP contribution in [0.5, 0.6) is 0 Å². The SMILES string of the molecule is CCCCCCNC(=O)CCc1ncc(-c2ccccc2F)o1. The molecule has 0 aliphatic heterocycles. The summed E-state index contributed by atoms with van der Waals surface area (Å²) in [6, 6.07) is 6.39. The van der Waals surface area contributed by atoms with Gasteiger partial charge in [0.05, 0.1) is 11.8 Å². The van der Waals surface area contributed by atoms with E-state index in [4.69, 9.17) is 4.42 Å². The Morgan fingerprint density at radius 2 is 2.09 bits per heavy atom. The Balaban J connectivity index is 1.77. The zero-order valence-electron chi connectivity index (χ0n) is 13.5. The number of carbonyl (C=O) groups excluding carboxylic acids is 1. The van der Waals surface area contributed by atoms with Gasteiger partial charge in [-0.1, -0.05) is 38.3 Å². The number of hydrogen-bond donors (Lipinski definition) is 1. The lowest BCUT2D eigenvalue weighted by Gasteiger charge is -2.03. The minimum absolute atomic E-state index is 0.00728. The number of halogens is 1. The van der Waals surface area contributed by atoms with Crippen molar-refractivity contribution in [3.05, 3.63) is 42.2 Å². The molecule has 1 aromatic heterocycles. The van der Waals surface area contributed by atoms with Crippen LogP contribution in [0.4, 0.5) is 4.39 Å². The Hall–Kier alpha value is -2.17. The predicted molar refractivity (Wildman–Crippen MR) is 87.4 cm³/mol. The monoisotopic (exact) mass is 318 g/mol. The second kappa shape index (κ2) is 9.08. The summed E-state index contributed by atoms with van der Waals surface area (Å²) in [5, 5.41) is 2.89. The molecule has 0 unspecified atom stereocenters. The van der Waals surface area contributed by atoms with Gasteiger partial charge in [-0.2, -0.15) is 0 Å². The number of nitrogens with zero attached hydrogens (tertiary/aromatic N) is 1. The average molecular weight is 318 g/mol. The molecule has 0 spiro atoms. The lowest BCUT2D eigenvalue weighted by molar-refractivity contribution is -0.121. The molecule has 1 N–H and O–H groups in total.